The molecule has 4 heteroatoms. The second-order valence-electron chi connectivity index (χ2n) is 6.21. The summed E-state index contributed by atoms with van der Waals surface area (Å²) in [5.74, 6) is 0.623. The Morgan fingerprint density at radius 2 is 1.48 bits per heavy atom. The summed E-state index contributed by atoms with van der Waals surface area (Å²) in [7, 11) is 1.60. The van der Waals surface area contributed by atoms with Crippen LogP contribution in [0.3, 0.4) is 0 Å². The first-order valence-corrected chi connectivity index (χ1v) is 8.86. The van der Waals surface area contributed by atoms with Crippen LogP contribution in [-0.2, 0) is 24.5 Å². The number of methoxy groups -OCH3 is 1. The third-order valence-electron chi connectivity index (χ3n) is 4.18. The van der Waals surface area contributed by atoms with E-state index in [-0.39, 0.29) is 5.91 Å². The average Bonchev–Trinajstić information content (AvgIpc) is 2.73. The largest absolute Gasteiger partial charge is 0.497 e. The van der Waals surface area contributed by atoms with Crippen LogP contribution in [-0.4, -0.2) is 13.0 Å². The minimum atomic E-state index is -0.108. The van der Waals surface area contributed by atoms with E-state index < -0.39 is 0 Å². The summed E-state index contributed by atoms with van der Waals surface area (Å²) in [6, 6.07) is 25.2. The summed E-state index contributed by atoms with van der Waals surface area (Å²) in [6.07, 6.45) is 0. The van der Waals surface area contributed by atoms with Gasteiger partial charge in [0.25, 0.3) is 5.91 Å². The number of amides is 1. The molecule has 0 fully saturated rings. The molecule has 1 amide bonds. The fourth-order valence-corrected chi connectivity index (χ4v) is 2.72. The highest BCUT2D eigenvalue weighted by atomic mass is 16.5. The molecule has 1 N–H and O–H groups in total. The topological polar surface area (TPSA) is 47.6 Å². The number of nitrogens with one attached hydrogen (secondary N) is 1. The van der Waals surface area contributed by atoms with Crippen LogP contribution in [0.4, 0.5) is 0 Å². The lowest BCUT2D eigenvalue weighted by Crippen LogP contribution is -2.22. The van der Waals surface area contributed by atoms with Gasteiger partial charge in [-0.25, -0.2) is 0 Å². The van der Waals surface area contributed by atoms with Gasteiger partial charge < -0.3 is 14.8 Å². The van der Waals surface area contributed by atoms with E-state index in [9.17, 15) is 4.79 Å². The van der Waals surface area contributed by atoms with Gasteiger partial charge in [0.1, 0.15) is 5.75 Å². The first kappa shape index (κ1) is 18.7. The van der Waals surface area contributed by atoms with Crippen molar-refractivity contribution < 1.29 is 14.3 Å². The third kappa shape index (κ3) is 5.69. The summed E-state index contributed by atoms with van der Waals surface area (Å²) in [5.41, 5.74) is 3.89. The van der Waals surface area contributed by atoms with E-state index in [0.717, 1.165) is 22.4 Å². The van der Waals surface area contributed by atoms with Crippen LogP contribution in [0.2, 0.25) is 0 Å². The predicted octanol–water partition coefficient (Wildman–Crippen LogP) is 4.34. The third-order valence-corrected chi connectivity index (χ3v) is 4.18. The molecule has 0 aromatic heterocycles. The summed E-state index contributed by atoms with van der Waals surface area (Å²) in [4.78, 5) is 12.3. The maximum Gasteiger partial charge on any atom is 0.251 e. The molecule has 3 aromatic carbocycles. The molecule has 0 bridgehead atoms. The van der Waals surface area contributed by atoms with Crippen molar-refractivity contribution in [3.8, 4) is 5.75 Å². The average molecular weight is 361 g/mol. The van der Waals surface area contributed by atoms with Crippen molar-refractivity contribution in [2.45, 2.75) is 19.8 Å². The van der Waals surface area contributed by atoms with Crippen LogP contribution >= 0.6 is 0 Å². The molecule has 0 heterocycles. The quantitative estimate of drug-likeness (QED) is 0.649. The summed E-state index contributed by atoms with van der Waals surface area (Å²) in [6.45, 7) is 1.59. The van der Waals surface area contributed by atoms with Gasteiger partial charge >= 0.3 is 0 Å². The molecule has 0 aliphatic carbocycles. The number of rotatable bonds is 8. The number of benzene rings is 3. The Morgan fingerprint density at radius 3 is 2.22 bits per heavy atom. The highest BCUT2D eigenvalue weighted by Gasteiger charge is 2.06. The first-order valence-electron chi connectivity index (χ1n) is 8.86. The first-order chi connectivity index (χ1) is 13.2. The van der Waals surface area contributed by atoms with Gasteiger partial charge in [0.05, 0.1) is 20.3 Å². The van der Waals surface area contributed by atoms with Crippen molar-refractivity contribution in [1.82, 2.24) is 5.32 Å². The summed E-state index contributed by atoms with van der Waals surface area (Å²) >= 11 is 0. The molecule has 27 heavy (non-hydrogen) atoms. The molecule has 0 radical (unpaired) electrons. The van der Waals surface area contributed by atoms with Gasteiger partial charge in [-0.15, -0.1) is 0 Å². The Morgan fingerprint density at radius 1 is 0.815 bits per heavy atom. The Hall–Kier alpha value is -3.11. The lowest BCUT2D eigenvalue weighted by atomic mass is 10.1. The van der Waals surface area contributed by atoms with Gasteiger partial charge in [-0.05, 0) is 41.0 Å². The van der Waals surface area contributed by atoms with Crippen molar-refractivity contribution in [3.05, 3.63) is 101 Å². The molecule has 0 spiro atoms. The van der Waals surface area contributed by atoms with E-state index >= 15 is 0 Å². The standard InChI is InChI=1S/C23H23NO3/c1-26-22-12-10-21(11-13-22)23(25)24-15-19-8-5-9-20(14-19)17-27-16-18-6-3-2-4-7-18/h2-14H,15-17H2,1H3,(H,24,25). The van der Waals surface area contributed by atoms with Crippen LogP contribution < -0.4 is 10.1 Å². The molecular formula is C23H23NO3. The minimum Gasteiger partial charge on any atom is -0.497 e. The zero-order valence-electron chi connectivity index (χ0n) is 15.4. The monoisotopic (exact) mass is 361 g/mol. The molecule has 0 unspecified atom stereocenters. The van der Waals surface area contributed by atoms with Crippen LogP contribution in [0.5, 0.6) is 5.75 Å². The fraction of sp³-hybridized carbons (Fsp3) is 0.174. The van der Waals surface area contributed by atoms with Crippen LogP contribution in [0.1, 0.15) is 27.0 Å². The summed E-state index contributed by atoms with van der Waals surface area (Å²) < 4.78 is 10.9. The molecule has 0 aliphatic rings. The van der Waals surface area contributed by atoms with Gasteiger partial charge in [-0.1, -0.05) is 54.6 Å². The number of hydrogen-bond donors (Lipinski definition) is 1. The van der Waals surface area contributed by atoms with Gasteiger partial charge in [0, 0.05) is 12.1 Å². The fourth-order valence-electron chi connectivity index (χ4n) is 2.72. The molecule has 0 saturated heterocycles. The lowest BCUT2D eigenvalue weighted by Gasteiger charge is -2.09. The zero-order valence-corrected chi connectivity index (χ0v) is 15.4. The second-order valence-corrected chi connectivity index (χ2v) is 6.21. The summed E-state index contributed by atoms with van der Waals surface area (Å²) in [5, 5.41) is 2.94. The number of carbonyl (C=O) groups is 1. The van der Waals surface area contributed by atoms with Gasteiger partial charge in [0.15, 0.2) is 0 Å². The second kappa shape index (κ2) is 9.55. The van der Waals surface area contributed by atoms with Gasteiger partial charge in [-0.2, -0.15) is 0 Å². The Labute approximate surface area is 159 Å². The number of carbonyl (C=O) groups excluding carboxylic acids is 1. The number of ether oxygens (including phenoxy) is 2. The molecule has 4 nitrogen and oxygen atoms in total. The number of hydrogen-bond acceptors (Lipinski definition) is 3. The van der Waals surface area contributed by atoms with Crippen molar-refractivity contribution >= 4 is 5.91 Å². The SMILES string of the molecule is COc1ccc(C(=O)NCc2cccc(COCc3ccccc3)c2)cc1. The zero-order chi connectivity index (χ0) is 18.9. The molecule has 0 atom stereocenters. The molecule has 138 valence electrons. The van der Waals surface area contributed by atoms with E-state index in [1.807, 2.05) is 48.5 Å². The van der Waals surface area contributed by atoms with E-state index in [1.54, 1.807) is 31.4 Å². The highest BCUT2D eigenvalue weighted by Crippen LogP contribution is 2.12. The Kier molecular flexibility index (Phi) is 6.61. The van der Waals surface area contributed by atoms with E-state index in [0.29, 0.717) is 25.3 Å². The smallest absolute Gasteiger partial charge is 0.251 e. The van der Waals surface area contributed by atoms with Crippen molar-refractivity contribution in [2.75, 3.05) is 7.11 Å². The molecule has 0 saturated carbocycles. The maximum absolute atomic E-state index is 12.3. The predicted molar refractivity (Wildman–Crippen MR) is 106 cm³/mol. The highest BCUT2D eigenvalue weighted by molar-refractivity contribution is 5.94. The van der Waals surface area contributed by atoms with Crippen LogP contribution in [0.15, 0.2) is 78.9 Å². The van der Waals surface area contributed by atoms with Crippen LogP contribution in [0.25, 0.3) is 0 Å². The molecule has 3 aromatic rings. The van der Waals surface area contributed by atoms with Crippen molar-refractivity contribution in [1.29, 1.82) is 0 Å². The Bertz CT molecular complexity index is 860. The van der Waals surface area contributed by atoms with E-state index in [4.69, 9.17) is 9.47 Å². The lowest BCUT2D eigenvalue weighted by molar-refractivity contribution is 0.0950. The normalized spacial score (nSPS) is 10.4. The van der Waals surface area contributed by atoms with Gasteiger partial charge in [-0.3, -0.25) is 4.79 Å². The van der Waals surface area contributed by atoms with E-state index in [1.165, 1.54) is 0 Å². The molecular weight excluding hydrogens is 338 g/mol. The van der Waals surface area contributed by atoms with Crippen LogP contribution in [0, 0.1) is 0 Å². The minimum absolute atomic E-state index is 0.108. The van der Waals surface area contributed by atoms with Crippen molar-refractivity contribution in [2.24, 2.45) is 0 Å². The Balaban J connectivity index is 1.50. The molecule has 0 aliphatic heterocycles. The van der Waals surface area contributed by atoms with Gasteiger partial charge in [0.2, 0.25) is 0 Å². The van der Waals surface area contributed by atoms with Crippen molar-refractivity contribution in [3.63, 3.8) is 0 Å². The van der Waals surface area contributed by atoms with E-state index in [2.05, 4.69) is 11.4 Å². The maximum atomic E-state index is 12.3. The molecule has 3 rings (SSSR count).